The Morgan fingerprint density at radius 3 is 2.82 bits per heavy atom. The molecule has 0 fully saturated rings. The summed E-state index contributed by atoms with van der Waals surface area (Å²) in [6, 6.07) is 10.6. The molecule has 4 aromatic rings. The van der Waals surface area contributed by atoms with E-state index in [0.29, 0.717) is 22.1 Å². The van der Waals surface area contributed by atoms with E-state index in [1.54, 1.807) is 13.0 Å². The van der Waals surface area contributed by atoms with Gasteiger partial charge in [-0.2, -0.15) is 0 Å². The van der Waals surface area contributed by atoms with E-state index in [4.69, 9.17) is 20.8 Å². The number of imidazole rings is 1. The highest BCUT2D eigenvalue weighted by atomic mass is 35.5. The Morgan fingerprint density at radius 1 is 1.25 bits per heavy atom. The van der Waals surface area contributed by atoms with Crippen LogP contribution in [0.15, 0.2) is 45.6 Å². The number of rotatable bonds is 4. The van der Waals surface area contributed by atoms with Crippen LogP contribution in [-0.4, -0.2) is 22.5 Å². The van der Waals surface area contributed by atoms with Gasteiger partial charge < -0.3 is 14.1 Å². The number of hydrogen-bond acceptors (Lipinski definition) is 5. The first-order valence-corrected chi connectivity index (χ1v) is 8.91. The number of aromatic nitrogens is 2. The molecule has 28 heavy (non-hydrogen) atoms. The van der Waals surface area contributed by atoms with E-state index >= 15 is 0 Å². The van der Waals surface area contributed by atoms with Crippen molar-refractivity contribution in [3.63, 3.8) is 0 Å². The molecule has 0 spiro atoms. The van der Waals surface area contributed by atoms with Crippen LogP contribution in [0.3, 0.4) is 0 Å². The van der Waals surface area contributed by atoms with Gasteiger partial charge in [0.05, 0.1) is 16.1 Å². The van der Waals surface area contributed by atoms with Crippen LogP contribution in [0.25, 0.3) is 22.0 Å². The van der Waals surface area contributed by atoms with Crippen LogP contribution in [0.2, 0.25) is 5.02 Å². The second-order valence-corrected chi connectivity index (χ2v) is 6.76. The summed E-state index contributed by atoms with van der Waals surface area (Å²) in [6.45, 7) is 3.24. The zero-order valence-corrected chi connectivity index (χ0v) is 15.9. The third-order valence-corrected chi connectivity index (χ3v) is 4.81. The highest BCUT2D eigenvalue weighted by Crippen LogP contribution is 2.31. The molecule has 0 unspecified atom stereocenters. The number of aryl methyl sites for hydroxylation is 1. The van der Waals surface area contributed by atoms with Crippen molar-refractivity contribution in [3.8, 4) is 5.75 Å². The molecule has 0 bridgehead atoms. The number of amides is 1. The van der Waals surface area contributed by atoms with Gasteiger partial charge in [0.25, 0.3) is 5.91 Å². The first-order chi connectivity index (χ1) is 13.4. The molecule has 0 aliphatic heterocycles. The average Bonchev–Trinajstić information content (AvgIpc) is 3.07. The van der Waals surface area contributed by atoms with Gasteiger partial charge in [-0.25, -0.2) is 9.78 Å². The minimum Gasteiger partial charge on any atom is -0.482 e. The van der Waals surface area contributed by atoms with E-state index in [1.165, 1.54) is 6.07 Å². The summed E-state index contributed by atoms with van der Waals surface area (Å²) in [5, 5.41) is 3.68. The van der Waals surface area contributed by atoms with Gasteiger partial charge in [-0.05, 0) is 37.6 Å². The van der Waals surface area contributed by atoms with Gasteiger partial charge in [-0.3, -0.25) is 10.1 Å². The number of nitrogens with one attached hydrogen (secondary N) is 2. The second-order valence-electron chi connectivity index (χ2n) is 6.36. The monoisotopic (exact) mass is 397 g/mol. The van der Waals surface area contributed by atoms with Crippen LogP contribution in [0.5, 0.6) is 5.75 Å². The topological polar surface area (TPSA) is 97.2 Å². The summed E-state index contributed by atoms with van der Waals surface area (Å²) in [7, 11) is 0. The number of anilines is 1. The number of H-pyrrole nitrogens is 1. The largest absolute Gasteiger partial charge is 0.482 e. The van der Waals surface area contributed by atoms with E-state index in [9.17, 15) is 9.59 Å². The molecular weight excluding hydrogens is 382 g/mol. The number of benzene rings is 2. The summed E-state index contributed by atoms with van der Waals surface area (Å²) in [4.78, 5) is 31.3. The molecule has 0 atom stereocenters. The van der Waals surface area contributed by atoms with Crippen LogP contribution in [-0.2, 0) is 4.79 Å². The van der Waals surface area contributed by atoms with Crippen molar-refractivity contribution in [2.24, 2.45) is 0 Å². The number of halogens is 1. The van der Waals surface area contributed by atoms with E-state index in [0.717, 1.165) is 22.0 Å². The number of aromatic amines is 1. The lowest BCUT2D eigenvalue weighted by Crippen LogP contribution is -2.21. The first-order valence-electron chi connectivity index (χ1n) is 8.53. The van der Waals surface area contributed by atoms with Gasteiger partial charge in [0.2, 0.25) is 5.95 Å². The normalized spacial score (nSPS) is 11.1. The maximum atomic E-state index is 12.2. The fourth-order valence-electron chi connectivity index (χ4n) is 2.88. The van der Waals surface area contributed by atoms with Gasteiger partial charge in [0, 0.05) is 17.0 Å². The Kier molecular flexibility index (Phi) is 4.52. The molecule has 0 saturated carbocycles. The Hall–Kier alpha value is -3.32. The SMILES string of the molecule is Cc1c(C)c2cc(Cl)c(OCC(=O)Nc3nc4ccccc4[nH]3)cc2oc1=O. The molecule has 2 aromatic heterocycles. The molecule has 4 rings (SSSR count). The molecule has 1 amide bonds. The molecule has 8 heteroatoms. The Balaban J connectivity index is 1.51. The number of carbonyl (C=O) groups excluding carboxylic acids is 1. The van der Waals surface area contributed by atoms with Crippen molar-refractivity contribution in [2.45, 2.75) is 13.8 Å². The van der Waals surface area contributed by atoms with Crippen molar-refractivity contribution in [3.05, 3.63) is 63.0 Å². The van der Waals surface area contributed by atoms with Crippen molar-refractivity contribution >= 4 is 45.5 Å². The standard InChI is InChI=1S/C20H16ClN3O4/c1-10-11(2)19(26)28-16-8-17(13(21)7-12(10)16)27-9-18(25)24-20-22-14-5-3-4-6-15(14)23-20/h3-8H,9H2,1-2H3,(H2,22,23,24,25). The van der Waals surface area contributed by atoms with Crippen molar-refractivity contribution in [2.75, 3.05) is 11.9 Å². The molecule has 0 aliphatic carbocycles. The number of hydrogen-bond donors (Lipinski definition) is 2. The third-order valence-electron chi connectivity index (χ3n) is 4.52. The second kappa shape index (κ2) is 7.01. The molecular formula is C20H16ClN3O4. The van der Waals surface area contributed by atoms with E-state index in [2.05, 4.69) is 15.3 Å². The summed E-state index contributed by atoms with van der Waals surface area (Å²) in [5.74, 6) is 0.175. The van der Waals surface area contributed by atoms with Gasteiger partial charge in [0.15, 0.2) is 6.61 Å². The Morgan fingerprint density at radius 2 is 2.04 bits per heavy atom. The molecule has 2 N–H and O–H groups in total. The number of para-hydroxylation sites is 2. The summed E-state index contributed by atoms with van der Waals surface area (Å²) < 4.78 is 10.8. The van der Waals surface area contributed by atoms with Crippen molar-refractivity contribution < 1.29 is 13.9 Å². The molecule has 142 valence electrons. The summed E-state index contributed by atoms with van der Waals surface area (Å²) in [6.07, 6.45) is 0. The highest BCUT2D eigenvalue weighted by Gasteiger charge is 2.14. The van der Waals surface area contributed by atoms with Crippen LogP contribution in [0.1, 0.15) is 11.1 Å². The van der Waals surface area contributed by atoms with Crippen molar-refractivity contribution in [1.29, 1.82) is 0 Å². The minimum atomic E-state index is -0.416. The number of carbonyl (C=O) groups is 1. The minimum absolute atomic E-state index is 0.250. The van der Waals surface area contributed by atoms with Crippen LogP contribution < -0.4 is 15.7 Å². The van der Waals surface area contributed by atoms with Crippen LogP contribution in [0.4, 0.5) is 5.95 Å². The highest BCUT2D eigenvalue weighted by molar-refractivity contribution is 6.32. The van der Waals surface area contributed by atoms with Gasteiger partial charge >= 0.3 is 5.63 Å². The molecule has 0 saturated heterocycles. The van der Waals surface area contributed by atoms with Gasteiger partial charge in [0.1, 0.15) is 11.3 Å². The van der Waals surface area contributed by atoms with E-state index < -0.39 is 11.5 Å². The lowest BCUT2D eigenvalue weighted by atomic mass is 10.1. The fourth-order valence-corrected chi connectivity index (χ4v) is 3.10. The van der Waals surface area contributed by atoms with E-state index in [-0.39, 0.29) is 12.4 Å². The zero-order chi connectivity index (χ0) is 19.8. The fraction of sp³-hybridized carbons (Fsp3) is 0.150. The average molecular weight is 398 g/mol. The summed E-state index contributed by atoms with van der Waals surface area (Å²) >= 11 is 6.27. The number of nitrogens with zero attached hydrogens (tertiary/aromatic N) is 1. The zero-order valence-electron chi connectivity index (χ0n) is 15.1. The predicted octanol–water partition coefficient (Wildman–Crippen LogP) is 3.96. The smallest absolute Gasteiger partial charge is 0.339 e. The lowest BCUT2D eigenvalue weighted by molar-refractivity contribution is -0.118. The van der Waals surface area contributed by atoms with Crippen molar-refractivity contribution in [1.82, 2.24) is 9.97 Å². The van der Waals surface area contributed by atoms with Crippen LogP contribution in [0, 0.1) is 13.8 Å². The molecule has 2 aromatic carbocycles. The van der Waals surface area contributed by atoms with Crippen LogP contribution >= 0.6 is 11.6 Å². The third kappa shape index (κ3) is 3.32. The molecule has 0 aliphatic rings. The number of ether oxygens (including phenoxy) is 1. The lowest BCUT2D eigenvalue weighted by Gasteiger charge is -2.10. The maximum absolute atomic E-state index is 12.2. The maximum Gasteiger partial charge on any atom is 0.339 e. The molecule has 7 nitrogen and oxygen atoms in total. The first kappa shape index (κ1) is 18.1. The Labute approximate surface area is 164 Å². The Bertz CT molecular complexity index is 1240. The van der Waals surface area contributed by atoms with E-state index in [1.807, 2.05) is 31.2 Å². The molecule has 0 radical (unpaired) electrons. The summed E-state index contributed by atoms with van der Waals surface area (Å²) in [5.41, 5.74) is 2.82. The van der Waals surface area contributed by atoms with Gasteiger partial charge in [-0.15, -0.1) is 0 Å². The number of fused-ring (bicyclic) bond motifs is 2. The molecule has 2 heterocycles. The van der Waals surface area contributed by atoms with Gasteiger partial charge in [-0.1, -0.05) is 23.7 Å². The quantitative estimate of drug-likeness (QED) is 0.508. The predicted molar refractivity (Wildman–Crippen MR) is 107 cm³/mol.